The van der Waals surface area contributed by atoms with Crippen molar-refractivity contribution in [2.24, 2.45) is 0 Å². The zero-order valence-electron chi connectivity index (χ0n) is 8.66. The van der Waals surface area contributed by atoms with Crippen LogP contribution >= 0.6 is 0 Å². The Balaban J connectivity index is 1.90. The highest BCUT2D eigenvalue weighted by atomic mass is 16.5. The average molecular weight is 192 g/mol. The average Bonchev–Trinajstić information content (AvgIpc) is 2.13. The highest BCUT2D eigenvalue weighted by Gasteiger charge is 2.29. The molecule has 1 fully saturated rings. The van der Waals surface area contributed by atoms with Gasteiger partial charge in [0.25, 0.3) is 0 Å². The second-order valence-electron chi connectivity index (χ2n) is 3.78. The summed E-state index contributed by atoms with van der Waals surface area (Å²) in [6, 6.07) is 4.53. The molecule has 1 heterocycles. The molecule has 1 aromatic heterocycles. The van der Waals surface area contributed by atoms with Gasteiger partial charge in [-0.3, -0.25) is 4.98 Å². The molecule has 0 aliphatic heterocycles. The van der Waals surface area contributed by atoms with Crippen molar-refractivity contribution >= 4 is 0 Å². The highest BCUT2D eigenvalue weighted by molar-refractivity contribution is 5.25. The van der Waals surface area contributed by atoms with Gasteiger partial charge in [-0.2, -0.15) is 0 Å². The summed E-state index contributed by atoms with van der Waals surface area (Å²) in [6.07, 6.45) is 4.37. The quantitative estimate of drug-likeness (QED) is 0.788. The summed E-state index contributed by atoms with van der Waals surface area (Å²) in [5.41, 5.74) is 0.973. The number of rotatable bonds is 3. The zero-order valence-corrected chi connectivity index (χ0v) is 8.66. The Morgan fingerprint density at radius 1 is 1.50 bits per heavy atom. The van der Waals surface area contributed by atoms with E-state index in [1.54, 1.807) is 6.20 Å². The SMILES string of the molecule is CNC1CC(Oc2cccnc2C)C1. The Labute approximate surface area is 84.5 Å². The van der Waals surface area contributed by atoms with Gasteiger partial charge in [-0.05, 0) is 38.9 Å². The van der Waals surface area contributed by atoms with Crippen LogP contribution in [0, 0.1) is 6.92 Å². The molecule has 3 heteroatoms. The third-order valence-corrected chi connectivity index (χ3v) is 2.76. The number of nitrogens with zero attached hydrogens (tertiary/aromatic N) is 1. The van der Waals surface area contributed by atoms with E-state index in [0.29, 0.717) is 12.1 Å². The van der Waals surface area contributed by atoms with Crippen molar-refractivity contribution in [3.8, 4) is 5.75 Å². The molecular weight excluding hydrogens is 176 g/mol. The van der Waals surface area contributed by atoms with Gasteiger partial charge < -0.3 is 10.1 Å². The highest BCUT2D eigenvalue weighted by Crippen LogP contribution is 2.26. The van der Waals surface area contributed by atoms with Crippen molar-refractivity contribution in [2.45, 2.75) is 31.9 Å². The van der Waals surface area contributed by atoms with E-state index in [9.17, 15) is 0 Å². The minimum absolute atomic E-state index is 0.371. The Morgan fingerprint density at radius 3 is 2.93 bits per heavy atom. The first-order valence-corrected chi connectivity index (χ1v) is 5.05. The van der Waals surface area contributed by atoms with E-state index in [2.05, 4.69) is 10.3 Å². The van der Waals surface area contributed by atoms with Gasteiger partial charge in [0.2, 0.25) is 0 Å². The van der Waals surface area contributed by atoms with Crippen molar-refractivity contribution in [1.82, 2.24) is 10.3 Å². The lowest BCUT2D eigenvalue weighted by Crippen LogP contribution is -2.45. The van der Waals surface area contributed by atoms with Gasteiger partial charge in [0.1, 0.15) is 11.9 Å². The van der Waals surface area contributed by atoms with Crippen LogP contribution in [-0.4, -0.2) is 24.2 Å². The largest absolute Gasteiger partial charge is 0.488 e. The number of ether oxygens (including phenoxy) is 1. The number of nitrogens with one attached hydrogen (secondary N) is 1. The Hall–Kier alpha value is -1.09. The lowest BCUT2D eigenvalue weighted by Gasteiger charge is -2.35. The second kappa shape index (κ2) is 3.96. The molecule has 0 aromatic carbocycles. The van der Waals surface area contributed by atoms with Crippen LogP contribution in [-0.2, 0) is 0 Å². The minimum Gasteiger partial charge on any atom is -0.488 e. The van der Waals surface area contributed by atoms with Gasteiger partial charge in [0.15, 0.2) is 0 Å². The molecule has 0 radical (unpaired) electrons. The molecule has 1 aliphatic carbocycles. The van der Waals surface area contributed by atoms with Crippen LogP contribution in [0.15, 0.2) is 18.3 Å². The molecule has 0 saturated heterocycles. The zero-order chi connectivity index (χ0) is 9.97. The topological polar surface area (TPSA) is 34.1 Å². The van der Waals surface area contributed by atoms with E-state index in [-0.39, 0.29) is 0 Å². The van der Waals surface area contributed by atoms with E-state index in [1.165, 1.54) is 0 Å². The maximum atomic E-state index is 5.81. The summed E-state index contributed by atoms with van der Waals surface area (Å²) in [5.74, 6) is 0.923. The number of aromatic nitrogens is 1. The van der Waals surface area contributed by atoms with Gasteiger partial charge in [-0.15, -0.1) is 0 Å². The first kappa shape index (κ1) is 9.46. The maximum Gasteiger partial charge on any atom is 0.140 e. The van der Waals surface area contributed by atoms with Crippen molar-refractivity contribution in [1.29, 1.82) is 0 Å². The van der Waals surface area contributed by atoms with E-state index in [0.717, 1.165) is 24.3 Å². The smallest absolute Gasteiger partial charge is 0.140 e. The predicted octanol–water partition coefficient (Wildman–Crippen LogP) is 1.52. The Kier molecular flexibility index (Phi) is 2.68. The third kappa shape index (κ3) is 1.87. The number of hydrogen-bond acceptors (Lipinski definition) is 3. The number of aryl methyl sites for hydroxylation is 1. The maximum absolute atomic E-state index is 5.81. The standard InChI is InChI=1S/C11H16N2O/c1-8-11(4-3-5-13-8)14-10-6-9(7-10)12-2/h3-5,9-10,12H,6-7H2,1-2H3. The van der Waals surface area contributed by atoms with Crippen LogP contribution in [0.4, 0.5) is 0 Å². The van der Waals surface area contributed by atoms with E-state index in [1.807, 2.05) is 26.1 Å². The van der Waals surface area contributed by atoms with E-state index >= 15 is 0 Å². The minimum atomic E-state index is 0.371. The molecule has 0 amide bonds. The summed E-state index contributed by atoms with van der Waals surface area (Å²) in [6.45, 7) is 1.98. The van der Waals surface area contributed by atoms with Gasteiger partial charge in [0.05, 0.1) is 5.69 Å². The molecule has 1 saturated carbocycles. The normalized spacial score (nSPS) is 25.6. The first-order chi connectivity index (χ1) is 6.79. The Bertz CT molecular complexity index is 308. The fourth-order valence-electron chi connectivity index (χ4n) is 1.67. The molecule has 1 aliphatic rings. The van der Waals surface area contributed by atoms with Crippen LogP contribution in [0.1, 0.15) is 18.5 Å². The van der Waals surface area contributed by atoms with E-state index in [4.69, 9.17) is 4.74 Å². The molecule has 76 valence electrons. The van der Waals surface area contributed by atoms with Gasteiger partial charge in [-0.25, -0.2) is 0 Å². The summed E-state index contributed by atoms with van der Waals surface area (Å²) in [5, 5.41) is 3.24. The van der Waals surface area contributed by atoms with Crippen LogP contribution in [0.5, 0.6) is 5.75 Å². The van der Waals surface area contributed by atoms with Gasteiger partial charge in [-0.1, -0.05) is 0 Å². The fourth-order valence-corrected chi connectivity index (χ4v) is 1.67. The van der Waals surface area contributed by atoms with Gasteiger partial charge >= 0.3 is 0 Å². The second-order valence-corrected chi connectivity index (χ2v) is 3.78. The molecule has 0 unspecified atom stereocenters. The van der Waals surface area contributed by atoms with E-state index < -0.39 is 0 Å². The lowest BCUT2D eigenvalue weighted by atomic mass is 9.89. The van der Waals surface area contributed by atoms with Crippen LogP contribution < -0.4 is 10.1 Å². The molecular formula is C11H16N2O. The molecule has 14 heavy (non-hydrogen) atoms. The molecule has 1 aromatic rings. The van der Waals surface area contributed by atoms with Crippen molar-refractivity contribution in [3.63, 3.8) is 0 Å². The summed E-state index contributed by atoms with van der Waals surface area (Å²) >= 11 is 0. The third-order valence-electron chi connectivity index (χ3n) is 2.76. The fraction of sp³-hybridized carbons (Fsp3) is 0.545. The molecule has 0 spiro atoms. The Morgan fingerprint density at radius 2 is 2.29 bits per heavy atom. The van der Waals surface area contributed by atoms with Crippen molar-refractivity contribution in [3.05, 3.63) is 24.0 Å². The van der Waals surface area contributed by atoms with Crippen LogP contribution in [0.2, 0.25) is 0 Å². The monoisotopic (exact) mass is 192 g/mol. The van der Waals surface area contributed by atoms with Crippen LogP contribution in [0.25, 0.3) is 0 Å². The summed E-state index contributed by atoms with van der Waals surface area (Å²) < 4.78 is 5.81. The molecule has 0 bridgehead atoms. The number of pyridine rings is 1. The lowest BCUT2D eigenvalue weighted by molar-refractivity contribution is 0.0873. The van der Waals surface area contributed by atoms with Crippen LogP contribution in [0.3, 0.4) is 0 Å². The van der Waals surface area contributed by atoms with Crippen molar-refractivity contribution in [2.75, 3.05) is 7.05 Å². The molecule has 0 atom stereocenters. The predicted molar refractivity (Wildman–Crippen MR) is 55.5 cm³/mol. The molecule has 3 nitrogen and oxygen atoms in total. The number of hydrogen-bond donors (Lipinski definition) is 1. The first-order valence-electron chi connectivity index (χ1n) is 5.05. The van der Waals surface area contributed by atoms with Crippen molar-refractivity contribution < 1.29 is 4.74 Å². The summed E-state index contributed by atoms with van der Waals surface area (Å²) in [4.78, 5) is 4.19. The van der Waals surface area contributed by atoms with Gasteiger partial charge in [0, 0.05) is 12.2 Å². The molecule has 1 N–H and O–H groups in total. The molecule has 2 rings (SSSR count). The summed E-state index contributed by atoms with van der Waals surface area (Å²) in [7, 11) is 2.00.